The summed E-state index contributed by atoms with van der Waals surface area (Å²) < 4.78 is 17.4. The molecule has 0 amide bonds. The molecule has 10 nitrogen and oxygen atoms in total. The average Bonchev–Trinajstić information content (AvgIpc) is 3.11. The van der Waals surface area contributed by atoms with Gasteiger partial charge in [0.2, 0.25) is 10.5 Å². The van der Waals surface area contributed by atoms with Crippen LogP contribution in [-0.2, 0) is 13.9 Å². The predicted octanol–water partition coefficient (Wildman–Crippen LogP) is 0.156. The second-order valence-electron chi connectivity index (χ2n) is 6.45. The van der Waals surface area contributed by atoms with Gasteiger partial charge in [-0.15, -0.1) is 0 Å². The van der Waals surface area contributed by atoms with Crippen LogP contribution in [0.4, 0.5) is 0 Å². The molecule has 0 aliphatic carbocycles. The van der Waals surface area contributed by atoms with Crippen LogP contribution in [0.15, 0.2) is 40.1 Å². The third kappa shape index (κ3) is 4.36. The molecule has 1 aromatic heterocycles. The van der Waals surface area contributed by atoms with Crippen molar-refractivity contribution in [1.82, 2.24) is 9.55 Å². The number of hydrogen-bond acceptors (Lipinski definition) is 7. The van der Waals surface area contributed by atoms with Gasteiger partial charge in [-0.2, -0.15) is 0 Å². The summed E-state index contributed by atoms with van der Waals surface area (Å²) in [6, 6.07) is 5.68. The van der Waals surface area contributed by atoms with Gasteiger partial charge in [0.1, 0.15) is 18.9 Å². The number of carbonyl (C=O) groups is 2. The van der Waals surface area contributed by atoms with E-state index in [0.717, 1.165) is 0 Å². The van der Waals surface area contributed by atoms with Gasteiger partial charge in [-0.05, 0) is 19.1 Å². The minimum atomic E-state index is -1.25. The molecule has 3 radical (unpaired) electrons. The maximum atomic E-state index is 12.3. The van der Waals surface area contributed by atoms with E-state index in [1.165, 1.54) is 35.0 Å². The summed E-state index contributed by atoms with van der Waals surface area (Å²) in [5.41, 5.74) is -1.04. The molecule has 1 saturated heterocycles. The first kappa shape index (κ1) is 20.7. The molecular formula is C18H17N2O8Si. The lowest BCUT2D eigenvalue weighted by atomic mass is 10.1. The van der Waals surface area contributed by atoms with Gasteiger partial charge >= 0.3 is 17.6 Å². The zero-order chi connectivity index (χ0) is 21.1. The Morgan fingerprint density at radius 1 is 1.31 bits per heavy atom. The highest BCUT2D eigenvalue weighted by atomic mass is 28.2. The van der Waals surface area contributed by atoms with Crippen molar-refractivity contribution in [2.75, 3.05) is 6.61 Å². The molecular weight excluding hydrogens is 400 g/mol. The normalized spacial score (nSPS) is 21.1. The number of aromatic carboxylic acids is 1. The minimum Gasteiger partial charge on any atom is -0.478 e. The average molecular weight is 417 g/mol. The van der Waals surface area contributed by atoms with Gasteiger partial charge in [0.25, 0.3) is 5.56 Å². The molecule has 1 aliphatic heterocycles. The van der Waals surface area contributed by atoms with Crippen molar-refractivity contribution >= 4 is 22.4 Å². The third-order valence-electron chi connectivity index (χ3n) is 4.54. The van der Waals surface area contributed by atoms with Crippen LogP contribution >= 0.6 is 0 Å². The van der Waals surface area contributed by atoms with Crippen LogP contribution in [0, 0.1) is 6.92 Å². The number of esters is 1. The van der Waals surface area contributed by atoms with Crippen molar-refractivity contribution in [3.63, 3.8) is 0 Å². The number of aromatic amines is 1. The lowest BCUT2D eigenvalue weighted by molar-refractivity contribution is -0.0492. The van der Waals surface area contributed by atoms with E-state index in [2.05, 4.69) is 15.5 Å². The molecule has 2 N–H and O–H groups in total. The van der Waals surface area contributed by atoms with Crippen LogP contribution in [0.5, 0.6) is 0 Å². The summed E-state index contributed by atoms with van der Waals surface area (Å²) in [6.45, 7) is 1.33. The zero-order valence-corrected chi connectivity index (χ0v) is 16.3. The highest BCUT2D eigenvalue weighted by Gasteiger charge is 2.37. The van der Waals surface area contributed by atoms with Gasteiger partial charge in [-0.3, -0.25) is 14.3 Å². The lowest BCUT2D eigenvalue weighted by Crippen LogP contribution is -2.33. The van der Waals surface area contributed by atoms with E-state index in [1.54, 1.807) is 6.92 Å². The molecule has 0 bridgehead atoms. The Kier molecular flexibility index (Phi) is 6.11. The monoisotopic (exact) mass is 417 g/mol. The number of nitrogens with zero attached hydrogens (tertiary/aromatic N) is 1. The van der Waals surface area contributed by atoms with Crippen molar-refractivity contribution in [3.05, 3.63) is 68.0 Å². The molecule has 3 atom stereocenters. The van der Waals surface area contributed by atoms with Crippen molar-refractivity contribution < 1.29 is 28.6 Å². The second-order valence-corrected chi connectivity index (χ2v) is 6.68. The molecule has 1 aromatic carbocycles. The van der Waals surface area contributed by atoms with E-state index < -0.39 is 41.6 Å². The number of rotatable bonds is 6. The van der Waals surface area contributed by atoms with Crippen LogP contribution in [-0.4, -0.2) is 55.9 Å². The van der Waals surface area contributed by atoms with Crippen LogP contribution in [0.25, 0.3) is 0 Å². The van der Waals surface area contributed by atoms with Gasteiger partial charge in [-0.1, -0.05) is 12.1 Å². The van der Waals surface area contributed by atoms with E-state index in [1.807, 2.05) is 0 Å². The summed E-state index contributed by atoms with van der Waals surface area (Å²) >= 11 is 0. The number of H-pyrrole nitrogens is 1. The van der Waals surface area contributed by atoms with Gasteiger partial charge < -0.3 is 19.0 Å². The molecule has 3 rings (SSSR count). The summed E-state index contributed by atoms with van der Waals surface area (Å²) in [5, 5.41) is 9.19. The Labute approximate surface area is 167 Å². The molecule has 0 saturated carbocycles. The minimum absolute atomic E-state index is 0.0853. The number of carboxylic acid groups (broad SMARTS) is 1. The van der Waals surface area contributed by atoms with Gasteiger partial charge in [0, 0.05) is 18.2 Å². The predicted molar refractivity (Wildman–Crippen MR) is 98.9 cm³/mol. The number of carbonyl (C=O) groups excluding carboxylic acids is 1. The Hall–Kier alpha value is -3.02. The van der Waals surface area contributed by atoms with Crippen molar-refractivity contribution in [2.45, 2.75) is 31.8 Å². The lowest BCUT2D eigenvalue weighted by Gasteiger charge is -2.18. The maximum Gasteiger partial charge on any atom is 0.339 e. The van der Waals surface area contributed by atoms with Crippen molar-refractivity contribution in [1.29, 1.82) is 0 Å². The van der Waals surface area contributed by atoms with Crippen molar-refractivity contribution in [3.8, 4) is 0 Å². The second kappa shape index (κ2) is 8.55. The first-order chi connectivity index (χ1) is 13.8. The Morgan fingerprint density at radius 2 is 2.00 bits per heavy atom. The standard InChI is InChI=1S/C18H17N2O8Si/c1-9-7-20(18(25)19-15(9)21)14-6-12(28-29)13(27-14)8-26-17(24)11-5-3-2-4-10(11)16(22)23/h2-5,7,12-14H,6,8H2,1H3,(H,22,23)(H,19,21,25)/t12-,13+,14+/m0/s1. The van der Waals surface area contributed by atoms with Gasteiger partial charge in [0.15, 0.2) is 0 Å². The summed E-state index contributed by atoms with van der Waals surface area (Å²) in [4.78, 5) is 49.4. The Balaban J connectivity index is 1.73. The quantitative estimate of drug-likeness (QED) is 0.501. The Bertz CT molecular complexity index is 1050. The van der Waals surface area contributed by atoms with E-state index >= 15 is 0 Å². The number of carboxylic acids is 1. The fraction of sp³-hybridized carbons (Fsp3) is 0.333. The van der Waals surface area contributed by atoms with E-state index in [0.29, 0.717) is 5.56 Å². The highest BCUT2D eigenvalue weighted by Crippen LogP contribution is 2.29. The molecule has 1 fully saturated rings. The molecule has 151 valence electrons. The number of hydrogen-bond donors (Lipinski definition) is 2. The number of nitrogens with one attached hydrogen (secondary N) is 1. The number of benzene rings is 1. The summed E-state index contributed by atoms with van der Waals surface area (Å²) in [5.74, 6) is -2.07. The highest BCUT2D eigenvalue weighted by molar-refractivity contribution is 6.02. The summed E-state index contributed by atoms with van der Waals surface area (Å²) in [7, 11) is 2.95. The number of aryl methyl sites for hydroxylation is 1. The zero-order valence-electron chi connectivity index (χ0n) is 15.3. The number of aromatic nitrogens is 2. The molecule has 0 spiro atoms. The molecule has 1 aliphatic rings. The van der Waals surface area contributed by atoms with Crippen LogP contribution in [0.3, 0.4) is 0 Å². The largest absolute Gasteiger partial charge is 0.478 e. The van der Waals surface area contributed by atoms with Crippen LogP contribution < -0.4 is 11.2 Å². The third-order valence-corrected chi connectivity index (χ3v) is 4.85. The maximum absolute atomic E-state index is 12.3. The fourth-order valence-corrected chi connectivity index (χ4v) is 3.28. The van der Waals surface area contributed by atoms with E-state index in [-0.39, 0.29) is 24.2 Å². The topological polar surface area (TPSA) is 137 Å². The van der Waals surface area contributed by atoms with Crippen LogP contribution in [0.1, 0.15) is 38.9 Å². The molecule has 2 heterocycles. The smallest absolute Gasteiger partial charge is 0.339 e. The van der Waals surface area contributed by atoms with E-state index in [4.69, 9.17) is 13.9 Å². The number of ether oxygens (including phenoxy) is 2. The Morgan fingerprint density at radius 3 is 2.66 bits per heavy atom. The molecule has 29 heavy (non-hydrogen) atoms. The van der Waals surface area contributed by atoms with Gasteiger partial charge in [0.05, 0.1) is 17.2 Å². The van der Waals surface area contributed by atoms with Gasteiger partial charge in [-0.25, -0.2) is 14.4 Å². The fourth-order valence-electron chi connectivity index (χ4n) is 3.03. The van der Waals surface area contributed by atoms with E-state index in [9.17, 15) is 24.3 Å². The van der Waals surface area contributed by atoms with Crippen molar-refractivity contribution in [2.24, 2.45) is 0 Å². The van der Waals surface area contributed by atoms with Crippen LogP contribution in [0.2, 0.25) is 0 Å². The first-order valence-corrected chi connectivity index (χ1v) is 9.02. The first-order valence-electron chi connectivity index (χ1n) is 8.61. The SMILES string of the molecule is Cc1cn([C@H]2C[C@H](O[Si])[C@@H](COC(=O)c3ccccc3C(=O)O)O2)c(=O)[nH]c1=O. The molecule has 2 aromatic rings. The summed E-state index contributed by atoms with van der Waals surface area (Å²) in [6.07, 6.45) is -0.387. The molecule has 11 heteroatoms. The molecule has 0 unspecified atom stereocenters.